The van der Waals surface area contributed by atoms with E-state index in [1.54, 1.807) is 0 Å². The molecule has 3 aromatic carbocycles. The lowest BCUT2D eigenvalue weighted by molar-refractivity contribution is -0.0397. The zero-order chi connectivity index (χ0) is 36.5. The van der Waals surface area contributed by atoms with Gasteiger partial charge in [0.2, 0.25) is 0 Å². The van der Waals surface area contributed by atoms with E-state index in [2.05, 4.69) is 70.3 Å². The highest BCUT2D eigenvalue weighted by atomic mass is 28.4. The molecule has 0 radical (unpaired) electrons. The predicted molar refractivity (Wildman–Crippen MR) is 204 cm³/mol. The van der Waals surface area contributed by atoms with E-state index in [1.165, 1.54) is 0 Å². The van der Waals surface area contributed by atoms with Crippen LogP contribution in [0.1, 0.15) is 37.5 Å². The molecule has 284 valence electrons. The molecule has 3 rings (SSSR count). The standard InChI is InChI=1S/C41H62O9Si/c1-40(2,3)51(4,5)50-36-34-48-32-30-46-28-26-44-24-22-42-21-23-43-25-27-45-29-31-47-33-35-49-41(37-15-9-6-10-16-37,38-17-11-7-12-18-38)39-19-13-8-14-20-39/h6-20H,21-36H2,1-5H3. The van der Waals surface area contributed by atoms with Crippen LogP contribution in [-0.4, -0.2) is 114 Å². The molecular weight excluding hydrogens is 665 g/mol. The van der Waals surface area contributed by atoms with Gasteiger partial charge in [-0.1, -0.05) is 112 Å². The van der Waals surface area contributed by atoms with Crippen LogP contribution in [0.5, 0.6) is 0 Å². The topological polar surface area (TPSA) is 83.1 Å². The number of hydrogen-bond acceptors (Lipinski definition) is 9. The van der Waals surface area contributed by atoms with E-state index in [1.807, 2.05) is 54.6 Å². The van der Waals surface area contributed by atoms with Crippen LogP contribution in [0.3, 0.4) is 0 Å². The van der Waals surface area contributed by atoms with Gasteiger partial charge in [-0.15, -0.1) is 0 Å². The first-order chi connectivity index (χ1) is 24.8. The minimum atomic E-state index is -1.70. The fourth-order valence-corrected chi connectivity index (χ4v) is 6.04. The molecule has 0 atom stereocenters. The highest BCUT2D eigenvalue weighted by Crippen LogP contribution is 2.40. The molecule has 51 heavy (non-hydrogen) atoms. The number of ether oxygens (including phenoxy) is 8. The van der Waals surface area contributed by atoms with E-state index >= 15 is 0 Å². The Morgan fingerprint density at radius 3 is 0.902 bits per heavy atom. The van der Waals surface area contributed by atoms with Crippen molar-refractivity contribution >= 4 is 8.32 Å². The molecule has 0 unspecified atom stereocenters. The molecule has 0 N–H and O–H groups in total. The highest BCUT2D eigenvalue weighted by Gasteiger charge is 2.38. The third-order valence-electron chi connectivity index (χ3n) is 8.82. The van der Waals surface area contributed by atoms with Crippen LogP contribution in [-0.2, 0) is 47.9 Å². The third kappa shape index (κ3) is 16.0. The fourth-order valence-electron chi connectivity index (χ4n) is 5.02. The second-order valence-electron chi connectivity index (χ2n) is 13.5. The van der Waals surface area contributed by atoms with E-state index in [0.29, 0.717) is 106 Å². The summed E-state index contributed by atoms with van der Waals surface area (Å²) < 4.78 is 52.2. The van der Waals surface area contributed by atoms with Crippen molar-refractivity contribution in [3.63, 3.8) is 0 Å². The molecule has 9 nitrogen and oxygen atoms in total. The van der Waals surface area contributed by atoms with E-state index < -0.39 is 13.9 Å². The summed E-state index contributed by atoms with van der Waals surface area (Å²) in [6.07, 6.45) is 0. The van der Waals surface area contributed by atoms with Crippen LogP contribution < -0.4 is 0 Å². The summed E-state index contributed by atoms with van der Waals surface area (Å²) in [5, 5.41) is 0.215. The van der Waals surface area contributed by atoms with Gasteiger partial charge in [0.05, 0.1) is 106 Å². The summed E-state index contributed by atoms with van der Waals surface area (Å²) in [6, 6.07) is 31.0. The van der Waals surface area contributed by atoms with Gasteiger partial charge in [0.1, 0.15) is 5.60 Å². The molecule has 0 amide bonds. The Kier molecular flexibility index (Phi) is 20.8. The van der Waals surface area contributed by atoms with Crippen LogP contribution in [0.2, 0.25) is 18.1 Å². The first kappa shape index (κ1) is 42.9. The van der Waals surface area contributed by atoms with Crippen molar-refractivity contribution in [2.24, 2.45) is 0 Å². The summed E-state index contributed by atoms with van der Waals surface area (Å²) in [6.45, 7) is 19.5. The molecule has 0 aliphatic rings. The quantitative estimate of drug-likeness (QED) is 0.0422. The van der Waals surface area contributed by atoms with Crippen LogP contribution >= 0.6 is 0 Å². The molecule has 0 saturated heterocycles. The van der Waals surface area contributed by atoms with Crippen molar-refractivity contribution in [1.82, 2.24) is 0 Å². The number of benzene rings is 3. The Bertz CT molecular complexity index is 1160. The van der Waals surface area contributed by atoms with Crippen LogP contribution in [0.15, 0.2) is 91.0 Å². The molecule has 10 heteroatoms. The van der Waals surface area contributed by atoms with Crippen LogP contribution in [0.4, 0.5) is 0 Å². The Labute approximate surface area is 307 Å². The summed E-state index contributed by atoms with van der Waals surface area (Å²) in [4.78, 5) is 0. The lowest BCUT2D eigenvalue weighted by atomic mass is 9.80. The average molecular weight is 727 g/mol. The summed E-state index contributed by atoms with van der Waals surface area (Å²) in [5.41, 5.74) is 2.47. The molecule has 0 bridgehead atoms. The molecule has 0 heterocycles. The van der Waals surface area contributed by atoms with E-state index in [-0.39, 0.29) is 5.04 Å². The Hall–Kier alpha value is -2.48. The maximum Gasteiger partial charge on any atom is 0.192 e. The van der Waals surface area contributed by atoms with E-state index in [9.17, 15) is 0 Å². The molecule has 3 aromatic rings. The van der Waals surface area contributed by atoms with Crippen molar-refractivity contribution in [3.05, 3.63) is 108 Å². The van der Waals surface area contributed by atoms with Gasteiger partial charge in [0.25, 0.3) is 0 Å². The predicted octanol–water partition coefficient (Wildman–Crippen LogP) is 7.13. The summed E-state index contributed by atoms with van der Waals surface area (Å²) >= 11 is 0. The van der Waals surface area contributed by atoms with Gasteiger partial charge in [-0.05, 0) is 34.8 Å². The monoisotopic (exact) mass is 726 g/mol. The van der Waals surface area contributed by atoms with Crippen LogP contribution in [0, 0.1) is 0 Å². The van der Waals surface area contributed by atoms with E-state index in [0.717, 1.165) is 16.7 Å². The van der Waals surface area contributed by atoms with Gasteiger partial charge in [-0.25, -0.2) is 0 Å². The second kappa shape index (κ2) is 24.7. The average Bonchev–Trinajstić information content (AvgIpc) is 3.14. The Morgan fingerprint density at radius 2 is 0.627 bits per heavy atom. The van der Waals surface area contributed by atoms with Gasteiger partial charge in [-0.3, -0.25) is 0 Å². The van der Waals surface area contributed by atoms with Crippen LogP contribution in [0.25, 0.3) is 0 Å². The molecule has 0 saturated carbocycles. The maximum absolute atomic E-state index is 6.73. The summed E-state index contributed by atoms with van der Waals surface area (Å²) in [7, 11) is -1.70. The lowest BCUT2D eigenvalue weighted by Gasteiger charge is -2.36. The molecular formula is C41H62O9Si. The smallest absolute Gasteiger partial charge is 0.192 e. The van der Waals surface area contributed by atoms with Crippen molar-refractivity contribution < 1.29 is 42.3 Å². The van der Waals surface area contributed by atoms with Crippen molar-refractivity contribution in [3.8, 4) is 0 Å². The molecule has 0 aromatic heterocycles. The first-order valence-electron chi connectivity index (χ1n) is 18.3. The van der Waals surface area contributed by atoms with Crippen molar-refractivity contribution in [1.29, 1.82) is 0 Å². The van der Waals surface area contributed by atoms with Gasteiger partial charge < -0.3 is 42.3 Å². The Balaban J connectivity index is 1.13. The normalized spacial score (nSPS) is 12.4. The van der Waals surface area contributed by atoms with Gasteiger partial charge in [-0.2, -0.15) is 0 Å². The molecule has 0 aliphatic heterocycles. The maximum atomic E-state index is 6.73. The minimum Gasteiger partial charge on any atom is -0.414 e. The van der Waals surface area contributed by atoms with E-state index in [4.69, 9.17) is 42.3 Å². The van der Waals surface area contributed by atoms with Gasteiger partial charge in [0.15, 0.2) is 8.32 Å². The third-order valence-corrected chi connectivity index (χ3v) is 13.4. The van der Waals surface area contributed by atoms with Crippen molar-refractivity contribution in [2.45, 2.75) is 44.5 Å². The first-order valence-corrected chi connectivity index (χ1v) is 21.2. The fraction of sp³-hybridized carbons (Fsp3) is 0.561. The Morgan fingerprint density at radius 1 is 0.373 bits per heavy atom. The number of rotatable bonds is 29. The molecule has 0 spiro atoms. The second-order valence-corrected chi connectivity index (χ2v) is 18.3. The number of hydrogen-bond donors (Lipinski definition) is 0. The zero-order valence-electron chi connectivity index (χ0n) is 31.6. The highest BCUT2D eigenvalue weighted by molar-refractivity contribution is 6.74. The SMILES string of the molecule is CC(C)(C)[Si](C)(C)OCCOCCOCCOCCOCCOCCOCCOCCOC(c1ccccc1)(c1ccccc1)c1ccccc1. The van der Waals surface area contributed by atoms with Gasteiger partial charge >= 0.3 is 0 Å². The largest absolute Gasteiger partial charge is 0.414 e. The lowest BCUT2D eigenvalue weighted by Crippen LogP contribution is -2.41. The zero-order valence-corrected chi connectivity index (χ0v) is 32.6. The summed E-state index contributed by atoms with van der Waals surface area (Å²) in [5.74, 6) is 0. The van der Waals surface area contributed by atoms with Crippen molar-refractivity contribution in [2.75, 3.05) is 106 Å². The minimum absolute atomic E-state index is 0.215. The molecule has 0 aliphatic carbocycles. The molecule has 0 fully saturated rings. The van der Waals surface area contributed by atoms with Gasteiger partial charge in [0, 0.05) is 0 Å².